The molecule has 1 aromatic rings. The number of hydrogen-bond acceptors (Lipinski definition) is 3. The quantitative estimate of drug-likeness (QED) is 0.693. The van der Waals surface area contributed by atoms with Crippen molar-refractivity contribution in [1.29, 1.82) is 0 Å². The van der Waals surface area contributed by atoms with Crippen molar-refractivity contribution in [2.75, 3.05) is 13.6 Å². The average Bonchev–Trinajstić information content (AvgIpc) is 2.50. The highest BCUT2D eigenvalue weighted by atomic mass is 32.1. The lowest BCUT2D eigenvalue weighted by atomic mass is 10.3. The Morgan fingerprint density at radius 2 is 2.64 bits per heavy atom. The summed E-state index contributed by atoms with van der Waals surface area (Å²) in [6.07, 6.45) is 5.24. The lowest BCUT2D eigenvalue weighted by molar-refractivity contribution is 0.809. The molecule has 0 atom stereocenters. The first-order chi connectivity index (χ1) is 5.43. The molecule has 0 saturated heterocycles. The molecule has 3 heteroatoms. The molecule has 11 heavy (non-hydrogen) atoms. The van der Waals surface area contributed by atoms with Crippen molar-refractivity contribution < 1.29 is 0 Å². The Morgan fingerprint density at radius 1 is 1.73 bits per heavy atom. The summed E-state index contributed by atoms with van der Waals surface area (Å²) in [7, 11) is 1.96. The maximum absolute atomic E-state index is 4.13. The number of nitrogens with zero attached hydrogens (tertiary/aromatic N) is 1. The molecule has 60 valence electrons. The van der Waals surface area contributed by atoms with Crippen molar-refractivity contribution in [3.63, 3.8) is 0 Å². The average molecular weight is 168 g/mol. The van der Waals surface area contributed by atoms with Crippen LogP contribution in [-0.4, -0.2) is 18.6 Å². The highest BCUT2D eigenvalue weighted by Crippen LogP contribution is 2.02. The topological polar surface area (TPSA) is 24.9 Å². The van der Waals surface area contributed by atoms with Gasteiger partial charge >= 0.3 is 0 Å². The zero-order chi connectivity index (χ0) is 7.94. The first-order valence-electron chi connectivity index (χ1n) is 3.63. The van der Waals surface area contributed by atoms with E-state index in [1.54, 1.807) is 11.3 Å². The summed E-state index contributed by atoms with van der Waals surface area (Å²) < 4.78 is 0. The molecule has 0 aliphatic rings. The first-order valence-corrected chi connectivity index (χ1v) is 4.57. The molecule has 0 fully saturated rings. The van der Waals surface area contributed by atoms with Gasteiger partial charge in [0.25, 0.3) is 0 Å². The van der Waals surface area contributed by atoms with Crippen molar-refractivity contribution >= 4 is 17.4 Å². The van der Waals surface area contributed by atoms with Crippen LogP contribution < -0.4 is 5.32 Å². The molecule has 0 aromatic carbocycles. The van der Waals surface area contributed by atoms with Gasteiger partial charge in [0.2, 0.25) is 0 Å². The van der Waals surface area contributed by atoms with Crippen LogP contribution in [0.25, 0.3) is 6.08 Å². The van der Waals surface area contributed by atoms with Gasteiger partial charge in [-0.2, -0.15) is 0 Å². The van der Waals surface area contributed by atoms with Gasteiger partial charge in [0.15, 0.2) is 0 Å². The van der Waals surface area contributed by atoms with Gasteiger partial charge in [0, 0.05) is 5.38 Å². The van der Waals surface area contributed by atoms with Crippen LogP contribution in [0.3, 0.4) is 0 Å². The fourth-order valence-electron chi connectivity index (χ4n) is 0.736. The van der Waals surface area contributed by atoms with Gasteiger partial charge in [-0.1, -0.05) is 6.08 Å². The number of rotatable bonds is 4. The molecular formula is C8H12N2S. The summed E-state index contributed by atoms with van der Waals surface area (Å²) in [6.45, 7) is 1.03. The monoisotopic (exact) mass is 168 g/mol. The minimum atomic E-state index is 1.03. The van der Waals surface area contributed by atoms with Crippen LogP contribution in [0, 0.1) is 0 Å². The summed E-state index contributed by atoms with van der Waals surface area (Å²) >= 11 is 1.63. The lowest BCUT2D eigenvalue weighted by Gasteiger charge is -1.89. The minimum Gasteiger partial charge on any atom is -0.319 e. The van der Waals surface area contributed by atoms with Gasteiger partial charge in [-0.05, 0) is 26.1 Å². The number of nitrogens with one attached hydrogen (secondary N) is 1. The molecule has 0 bridgehead atoms. The molecule has 2 nitrogen and oxygen atoms in total. The van der Waals surface area contributed by atoms with E-state index >= 15 is 0 Å². The van der Waals surface area contributed by atoms with Crippen LogP contribution in [0.1, 0.15) is 12.1 Å². The standard InChI is InChI=1S/C8H12N2S/c1-9-5-3-2-4-8-6-11-7-10-8/h2,4,6-7,9H,3,5H2,1H3. The second kappa shape index (κ2) is 5.04. The van der Waals surface area contributed by atoms with Gasteiger partial charge in [-0.3, -0.25) is 0 Å². The predicted octanol–water partition coefficient (Wildman–Crippen LogP) is 1.77. The molecule has 0 aliphatic heterocycles. The molecule has 1 aromatic heterocycles. The van der Waals surface area contributed by atoms with Gasteiger partial charge in [0.05, 0.1) is 11.2 Å². The second-order valence-electron chi connectivity index (χ2n) is 2.21. The van der Waals surface area contributed by atoms with E-state index in [1.807, 2.05) is 24.0 Å². The second-order valence-corrected chi connectivity index (χ2v) is 2.93. The molecule has 0 aliphatic carbocycles. The van der Waals surface area contributed by atoms with E-state index < -0.39 is 0 Å². The third-order valence-corrected chi connectivity index (χ3v) is 1.91. The molecule has 0 radical (unpaired) electrons. The predicted molar refractivity (Wildman–Crippen MR) is 49.7 cm³/mol. The zero-order valence-corrected chi connectivity index (χ0v) is 7.40. The van der Waals surface area contributed by atoms with Gasteiger partial charge in [-0.25, -0.2) is 4.98 Å². The van der Waals surface area contributed by atoms with Crippen LogP contribution in [0.2, 0.25) is 0 Å². The van der Waals surface area contributed by atoms with Gasteiger partial charge in [-0.15, -0.1) is 11.3 Å². The number of aromatic nitrogens is 1. The smallest absolute Gasteiger partial charge is 0.0798 e. The Balaban J connectivity index is 2.25. The Kier molecular flexibility index (Phi) is 3.86. The summed E-state index contributed by atoms with van der Waals surface area (Å²) in [4.78, 5) is 4.13. The van der Waals surface area contributed by atoms with E-state index in [2.05, 4.69) is 16.4 Å². The van der Waals surface area contributed by atoms with Crippen molar-refractivity contribution in [1.82, 2.24) is 10.3 Å². The summed E-state index contributed by atoms with van der Waals surface area (Å²) in [5.74, 6) is 0. The molecule has 0 spiro atoms. The maximum atomic E-state index is 4.13. The highest BCUT2D eigenvalue weighted by molar-refractivity contribution is 7.07. The Bertz CT molecular complexity index is 204. The van der Waals surface area contributed by atoms with Gasteiger partial charge in [0.1, 0.15) is 0 Å². The highest BCUT2D eigenvalue weighted by Gasteiger charge is 1.84. The fourth-order valence-corrected chi connectivity index (χ4v) is 1.26. The Hall–Kier alpha value is -0.670. The molecule has 0 amide bonds. The van der Waals surface area contributed by atoms with E-state index in [0.29, 0.717) is 0 Å². The van der Waals surface area contributed by atoms with Crippen molar-refractivity contribution in [2.45, 2.75) is 6.42 Å². The molecule has 1 N–H and O–H groups in total. The molecule has 0 unspecified atom stereocenters. The van der Waals surface area contributed by atoms with Crippen LogP contribution in [0.15, 0.2) is 17.0 Å². The fraction of sp³-hybridized carbons (Fsp3) is 0.375. The maximum Gasteiger partial charge on any atom is 0.0798 e. The van der Waals surface area contributed by atoms with Crippen LogP contribution >= 0.6 is 11.3 Å². The molecule has 0 saturated carbocycles. The van der Waals surface area contributed by atoms with Crippen LogP contribution in [0.5, 0.6) is 0 Å². The van der Waals surface area contributed by atoms with Crippen molar-refractivity contribution in [3.05, 3.63) is 22.7 Å². The Morgan fingerprint density at radius 3 is 3.27 bits per heavy atom. The van der Waals surface area contributed by atoms with Crippen LogP contribution in [-0.2, 0) is 0 Å². The minimum absolute atomic E-state index is 1.03. The molecular weight excluding hydrogens is 156 g/mol. The largest absolute Gasteiger partial charge is 0.319 e. The molecule has 1 rings (SSSR count). The summed E-state index contributed by atoms with van der Waals surface area (Å²) in [5, 5.41) is 5.12. The van der Waals surface area contributed by atoms with Crippen molar-refractivity contribution in [2.24, 2.45) is 0 Å². The van der Waals surface area contributed by atoms with E-state index in [4.69, 9.17) is 0 Å². The van der Waals surface area contributed by atoms with Gasteiger partial charge < -0.3 is 5.32 Å². The zero-order valence-electron chi connectivity index (χ0n) is 6.58. The van der Waals surface area contributed by atoms with E-state index in [0.717, 1.165) is 18.7 Å². The lowest BCUT2D eigenvalue weighted by Crippen LogP contribution is -2.05. The normalized spacial score (nSPS) is 11.0. The first kappa shape index (κ1) is 8.43. The summed E-state index contributed by atoms with van der Waals surface area (Å²) in [5.41, 5.74) is 2.91. The third kappa shape index (κ3) is 3.30. The van der Waals surface area contributed by atoms with E-state index in [1.165, 1.54) is 0 Å². The summed E-state index contributed by atoms with van der Waals surface area (Å²) in [6, 6.07) is 0. The van der Waals surface area contributed by atoms with E-state index in [9.17, 15) is 0 Å². The third-order valence-electron chi connectivity index (χ3n) is 1.30. The SMILES string of the molecule is CNCCC=Cc1cscn1. The Labute approximate surface area is 71.0 Å². The number of thiazole rings is 1. The number of hydrogen-bond donors (Lipinski definition) is 1. The van der Waals surface area contributed by atoms with Crippen molar-refractivity contribution in [3.8, 4) is 0 Å². The van der Waals surface area contributed by atoms with Crippen LogP contribution in [0.4, 0.5) is 0 Å². The van der Waals surface area contributed by atoms with E-state index in [-0.39, 0.29) is 0 Å². The molecule has 1 heterocycles.